The van der Waals surface area contributed by atoms with Crippen LogP contribution in [0.1, 0.15) is 25.0 Å². The Hall–Kier alpha value is -0.860. The van der Waals surface area contributed by atoms with E-state index in [2.05, 4.69) is 55.7 Å². The quantitative estimate of drug-likeness (QED) is 0.758. The molecule has 0 bridgehead atoms. The molecule has 0 aliphatic carbocycles. The molecular formula is C15H26N2. The van der Waals surface area contributed by atoms with E-state index >= 15 is 0 Å². The van der Waals surface area contributed by atoms with E-state index < -0.39 is 0 Å². The molecule has 0 aliphatic heterocycles. The molecule has 2 heteroatoms. The van der Waals surface area contributed by atoms with Crippen molar-refractivity contribution in [1.29, 1.82) is 0 Å². The van der Waals surface area contributed by atoms with Crippen molar-refractivity contribution in [3.8, 4) is 0 Å². The smallest absolute Gasteiger partial charge is 0.0205 e. The van der Waals surface area contributed by atoms with Crippen LogP contribution in [0.25, 0.3) is 0 Å². The van der Waals surface area contributed by atoms with Gasteiger partial charge in [0.25, 0.3) is 0 Å². The summed E-state index contributed by atoms with van der Waals surface area (Å²) in [6, 6.07) is 8.74. The summed E-state index contributed by atoms with van der Waals surface area (Å²) in [5.41, 5.74) is 2.69. The summed E-state index contributed by atoms with van der Waals surface area (Å²) < 4.78 is 0. The minimum absolute atomic E-state index is 0.699. The second-order valence-electron chi connectivity index (χ2n) is 5.18. The third kappa shape index (κ3) is 5.33. The van der Waals surface area contributed by atoms with Crippen LogP contribution in [0.4, 0.5) is 0 Å². The molecule has 2 N–H and O–H groups in total. The molecule has 0 amide bonds. The van der Waals surface area contributed by atoms with Crippen LogP contribution in [-0.2, 0) is 6.54 Å². The highest BCUT2D eigenvalue weighted by atomic mass is 14.9. The molecule has 1 rings (SSSR count). The van der Waals surface area contributed by atoms with Crippen molar-refractivity contribution in [3.63, 3.8) is 0 Å². The molecule has 1 aromatic rings. The third-order valence-electron chi connectivity index (χ3n) is 3.27. The number of hydrogen-bond acceptors (Lipinski definition) is 2. The Labute approximate surface area is 106 Å². The lowest BCUT2D eigenvalue weighted by atomic mass is 9.95. The van der Waals surface area contributed by atoms with Gasteiger partial charge in [-0.1, -0.05) is 43.7 Å². The molecule has 0 radical (unpaired) electrons. The minimum Gasteiger partial charge on any atom is -0.319 e. The van der Waals surface area contributed by atoms with Crippen LogP contribution < -0.4 is 10.6 Å². The van der Waals surface area contributed by atoms with Crippen molar-refractivity contribution in [3.05, 3.63) is 35.4 Å². The van der Waals surface area contributed by atoms with Crippen molar-refractivity contribution in [1.82, 2.24) is 10.6 Å². The van der Waals surface area contributed by atoms with Crippen LogP contribution in [0.3, 0.4) is 0 Å². The molecule has 2 nitrogen and oxygen atoms in total. The van der Waals surface area contributed by atoms with Gasteiger partial charge in [-0.05, 0) is 44.5 Å². The fraction of sp³-hybridized carbons (Fsp3) is 0.600. The molecule has 0 aliphatic rings. The van der Waals surface area contributed by atoms with Gasteiger partial charge in [-0.15, -0.1) is 0 Å². The van der Waals surface area contributed by atoms with E-state index in [1.165, 1.54) is 11.1 Å². The molecule has 0 fully saturated rings. The highest BCUT2D eigenvalue weighted by Crippen LogP contribution is 2.09. The second-order valence-corrected chi connectivity index (χ2v) is 5.18. The molecule has 17 heavy (non-hydrogen) atoms. The molecule has 0 heterocycles. The molecule has 1 atom stereocenters. The van der Waals surface area contributed by atoms with Gasteiger partial charge >= 0.3 is 0 Å². The average Bonchev–Trinajstić information content (AvgIpc) is 2.30. The first-order valence-electron chi connectivity index (χ1n) is 6.54. The first-order chi connectivity index (χ1) is 8.13. The number of aryl methyl sites for hydroxylation is 1. The summed E-state index contributed by atoms with van der Waals surface area (Å²) in [7, 11) is 2.02. The van der Waals surface area contributed by atoms with Crippen molar-refractivity contribution >= 4 is 0 Å². The van der Waals surface area contributed by atoms with Crippen LogP contribution in [0, 0.1) is 18.8 Å². The zero-order valence-corrected chi connectivity index (χ0v) is 11.6. The van der Waals surface area contributed by atoms with Crippen LogP contribution in [0.15, 0.2) is 24.3 Å². The predicted octanol–water partition coefficient (Wildman–Crippen LogP) is 2.58. The maximum atomic E-state index is 3.55. The Balaban J connectivity index is 2.33. The van der Waals surface area contributed by atoms with Crippen LogP contribution in [0.2, 0.25) is 0 Å². The number of rotatable bonds is 7. The largest absolute Gasteiger partial charge is 0.319 e. The van der Waals surface area contributed by atoms with Gasteiger partial charge in [-0.2, -0.15) is 0 Å². The zero-order chi connectivity index (χ0) is 12.7. The maximum absolute atomic E-state index is 3.55. The molecule has 0 saturated heterocycles. The molecule has 1 unspecified atom stereocenters. The third-order valence-corrected chi connectivity index (χ3v) is 3.27. The number of hydrogen-bond donors (Lipinski definition) is 2. The van der Waals surface area contributed by atoms with E-state index in [0.717, 1.165) is 19.6 Å². The normalized spacial score (nSPS) is 13.0. The monoisotopic (exact) mass is 234 g/mol. The Morgan fingerprint density at radius 3 is 2.24 bits per heavy atom. The van der Waals surface area contributed by atoms with Crippen molar-refractivity contribution < 1.29 is 0 Å². The van der Waals surface area contributed by atoms with E-state index in [1.807, 2.05) is 7.05 Å². The minimum atomic E-state index is 0.699. The SMILES string of the molecule is CNCC(CNCc1ccc(C)cc1)C(C)C. The van der Waals surface area contributed by atoms with Gasteiger partial charge < -0.3 is 10.6 Å². The summed E-state index contributed by atoms with van der Waals surface area (Å²) in [6.07, 6.45) is 0. The summed E-state index contributed by atoms with van der Waals surface area (Å²) in [5, 5.41) is 6.81. The summed E-state index contributed by atoms with van der Waals surface area (Å²) in [4.78, 5) is 0. The average molecular weight is 234 g/mol. The maximum Gasteiger partial charge on any atom is 0.0205 e. The Morgan fingerprint density at radius 1 is 1.06 bits per heavy atom. The molecule has 0 saturated carbocycles. The van der Waals surface area contributed by atoms with Gasteiger partial charge in [0.05, 0.1) is 0 Å². The molecular weight excluding hydrogens is 208 g/mol. The lowest BCUT2D eigenvalue weighted by molar-refractivity contribution is 0.352. The van der Waals surface area contributed by atoms with E-state index in [9.17, 15) is 0 Å². The van der Waals surface area contributed by atoms with E-state index in [4.69, 9.17) is 0 Å². The van der Waals surface area contributed by atoms with Crippen molar-refractivity contribution in [2.45, 2.75) is 27.3 Å². The summed E-state index contributed by atoms with van der Waals surface area (Å²) in [6.45, 7) is 9.82. The van der Waals surface area contributed by atoms with E-state index in [1.54, 1.807) is 0 Å². The second kappa shape index (κ2) is 7.46. The lowest BCUT2D eigenvalue weighted by Crippen LogP contribution is -2.32. The van der Waals surface area contributed by atoms with Crippen molar-refractivity contribution in [2.75, 3.05) is 20.1 Å². The fourth-order valence-electron chi connectivity index (χ4n) is 1.91. The molecule has 96 valence electrons. The number of benzene rings is 1. The van der Waals surface area contributed by atoms with Gasteiger partial charge in [0.15, 0.2) is 0 Å². The van der Waals surface area contributed by atoms with Crippen LogP contribution in [-0.4, -0.2) is 20.1 Å². The van der Waals surface area contributed by atoms with Gasteiger partial charge in [0, 0.05) is 6.54 Å². The van der Waals surface area contributed by atoms with Gasteiger partial charge in [0.1, 0.15) is 0 Å². The summed E-state index contributed by atoms with van der Waals surface area (Å²) in [5.74, 6) is 1.42. The summed E-state index contributed by atoms with van der Waals surface area (Å²) >= 11 is 0. The zero-order valence-electron chi connectivity index (χ0n) is 11.6. The van der Waals surface area contributed by atoms with E-state index in [-0.39, 0.29) is 0 Å². The first kappa shape index (κ1) is 14.2. The molecule has 0 aromatic heterocycles. The Bertz CT molecular complexity index is 303. The fourth-order valence-corrected chi connectivity index (χ4v) is 1.91. The lowest BCUT2D eigenvalue weighted by Gasteiger charge is -2.21. The molecule has 0 spiro atoms. The van der Waals surface area contributed by atoms with Crippen molar-refractivity contribution in [2.24, 2.45) is 11.8 Å². The highest BCUT2D eigenvalue weighted by molar-refractivity contribution is 5.21. The topological polar surface area (TPSA) is 24.1 Å². The van der Waals surface area contributed by atoms with Gasteiger partial charge in [0.2, 0.25) is 0 Å². The van der Waals surface area contributed by atoms with Gasteiger partial charge in [-0.25, -0.2) is 0 Å². The highest BCUT2D eigenvalue weighted by Gasteiger charge is 2.11. The van der Waals surface area contributed by atoms with E-state index in [0.29, 0.717) is 11.8 Å². The Morgan fingerprint density at radius 2 is 1.71 bits per heavy atom. The van der Waals surface area contributed by atoms with Crippen LogP contribution in [0.5, 0.6) is 0 Å². The standard InChI is InChI=1S/C15H26N2/c1-12(2)15(10-16-4)11-17-9-14-7-5-13(3)6-8-14/h5-8,12,15-17H,9-11H2,1-4H3. The Kier molecular flexibility index (Phi) is 6.23. The predicted molar refractivity (Wildman–Crippen MR) is 75.1 cm³/mol. The first-order valence-corrected chi connectivity index (χ1v) is 6.54. The van der Waals surface area contributed by atoms with Crippen LogP contribution >= 0.6 is 0 Å². The van der Waals surface area contributed by atoms with Gasteiger partial charge in [-0.3, -0.25) is 0 Å². The molecule has 1 aromatic carbocycles. The number of nitrogens with one attached hydrogen (secondary N) is 2.